The fourth-order valence-corrected chi connectivity index (χ4v) is 5.37. The molecular weight excluding hydrogens is 564 g/mol. The van der Waals surface area contributed by atoms with Gasteiger partial charge in [-0.25, -0.2) is 0 Å². The highest BCUT2D eigenvalue weighted by Gasteiger charge is 2.30. The van der Waals surface area contributed by atoms with Crippen molar-refractivity contribution < 1.29 is 29.0 Å². The van der Waals surface area contributed by atoms with Crippen LogP contribution in [-0.2, 0) is 23.9 Å². The largest absolute Gasteiger partial charge is 0.462 e. The van der Waals surface area contributed by atoms with Gasteiger partial charge in [0.1, 0.15) is 6.61 Å². The molecule has 45 heavy (non-hydrogen) atoms. The van der Waals surface area contributed by atoms with Gasteiger partial charge in [-0.3, -0.25) is 14.4 Å². The minimum Gasteiger partial charge on any atom is -0.462 e. The molecule has 0 aromatic carbocycles. The second-order valence-corrected chi connectivity index (χ2v) is 12.7. The number of aliphatic hydroxyl groups excluding tert-OH is 1. The normalized spacial score (nSPS) is 13.0. The number of ether oxygens (including phenoxy) is 2. The number of carbonyl (C=O) groups is 3. The second kappa shape index (κ2) is 33.4. The zero-order valence-corrected chi connectivity index (χ0v) is 29.5. The molecule has 2 atom stereocenters. The van der Waals surface area contributed by atoms with E-state index in [1.807, 2.05) is 0 Å². The van der Waals surface area contributed by atoms with Gasteiger partial charge in [-0.2, -0.15) is 0 Å². The Balaban J connectivity index is 4.05. The van der Waals surface area contributed by atoms with Gasteiger partial charge in [0.15, 0.2) is 18.0 Å². The minimum atomic E-state index is -1.48. The molecule has 0 amide bonds. The van der Waals surface area contributed by atoms with Crippen LogP contribution < -0.4 is 0 Å². The Morgan fingerprint density at radius 2 is 1.00 bits per heavy atom. The lowest BCUT2D eigenvalue weighted by Crippen LogP contribution is -2.41. The molecule has 6 nitrogen and oxygen atoms in total. The lowest BCUT2D eigenvalue weighted by molar-refractivity contribution is -0.168. The van der Waals surface area contributed by atoms with Crippen LogP contribution in [0.1, 0.15) is 188 Å². The number of esters is 2. The number of allylic oxidation sites excluding steroid dienone is 4. The molecule has 0 saturated carbocycles. The fourth-order valence-electron chi connectivity index (χ4n) is 5.37. The average Bonchev–Trinajstić information content (AvgIpc) is 3.02. The Morgan fingerprint density at radius 1 is 0.578 bits per heavy atom. The summed E-state index contributed by atoms with van der Waals surface area (Å²) < 4.78 is 10.4. The van der Waals surface area contributed by atoms with Gasteiger partial charge >= 0.3 is 11.9 Å². The molecule has 0 aliphatic carbocycles. The van der Waals surface area contributed by atoms with E-state index in [0.717, 1.165) is 51.4 Å². The van der Waals surface area contributed by atoms with Crippen molar-refractivity contribution in [1.29, 1.82) is 0 Å². The minimum absolute atomic E-state index is 0.223. The van der Waals surface area contributed by atoms with Gasteiger partial charge in [-0.15, -0.1) is 0 Å². The lowest BCUT2D eigenvalue weighted by Gasteiger charge is -2.22. The van der Waals surface area contributed by atoms with E-state index in [1.54, 1.807) is 0 Å². The van der Waals surface area contributed by atoms with Gasteiger partial charge in [-0.1, -0.05) is 147 Å². The molecule has 0 spiro atoms. The summed E-state index contributed by atoms with van der Waals surface area (Å²) in [5.41, 5.74) is 0. The Kier molecular flexibility index (Phi) is 32.0. The number of hydrogen-bond acceptors (Lipinski definition) is 6. The van der Waals surface area contributed by atoms with E-state index in [1.165, 1.54) is 96.8 Å². The third-order valence-electron chi connectivity index (χ3n) is 8.27. The summed E-state index contributed by atoms with van der Waals surface area (Å²) in [6.07, 6.45) is 34.7. The van der Waals surface area contributed by atoms with Gasteiger partial charge in [0, 0.05) is 19.8 Å². The summed E-state index contributed by atoms with van der Waals surface area (Å²) in [6, 6.07) is 0. The quantitative estimate of drug-likeness (QED) is 0.0439. The molecule has 0 fully saturated rings. The first-order valence-electron chi connectivity index (χ1n) is 18.8. The maximum atomic E-state index is 12.6. The first-order valence-corrected chi connectivity index (χ1v) is 18.8. The molecule has 0 aliphatic heterocycles. The molecule has 0 radical (unpaired) electrons. The highest BCUT2D eigenvalue weighted by atomic mass is 16.6. The summed E-state index contributed by atoms with van der Waals surface area (Å²) in [5, 5.41) is 10.6. The second-order valence-electron chi connectivity index (χ2n) is 12.7. The van der Waals surface area contributed by atoms with Gasteiger partial charge in [0.05, 0.1) is 0 Å². The SMILES string of the molecule is CCCCC/C=C\C/C=C\CCCCCCCC(=O)O[C@H](COC(C)=O)C(O)C(=O)CCCCCCCCCCCCCCC. The van der Waals surface area contributed by atoms with Crippen LogP contribution in [0.5, 0.6) is 0 Å². The van der Waals surface area contributed by atoms with Crippen LogP contribution in [0.3, 0.4) is 0 Å². The summed E-state index contributed by atoms with van der Waals surface area (Å²) in [5.74, 6) is -1.37. The van der Waals surface area contributed by atoms with Crippen LogP contribution in [0.2, 0.25) is 0 Å². The molecule has 6 heteroatoms. The van der Waals surface area contributed by atoms with Gasteiger partial charge in [0.25, 0.3) is 0 Å². The number of aliphatic hydroxyl groups is 1. The smallest absolute Gasteiger partial charge is 0.306 e. The molecule has 0 aromatic heterocycles. The topological polar surface area (TPSA) is 89.9 Å². The van der Waals surface area contributed by atoms with Crippen molar-refractivity contribution in [2.45, 2.75) is 200 Å². The lowest BCUT2D eigenvalue weighted by atomic mass is 10.0. The number of rotatable bonds is 33. The van der Waals surface area contributed by atoms with E-state index in [4.69, 9.17) is 9.47 Å². The first kappa shape index (κ1) is 43.0. The third-order valence-corrected chi connectivity index (χ3v) is 8.27. The van der Waals surface area contributed by atoms with Crippen LogP contribution in [0.25, 0.3) is 0 Å². The number of carbonyl (C=O) groups excluding carboxylic acids is 3. The fraction of sp³-hybridized carbons (Fsp3) is 0.821. The van der Waals surface area contributed by atoms with E-state index in [9.17, 15) is 19.5 Å². The predicted molar refractivity (Wildman–Crippen MR) is 187 cm³/mol. The standard InChI is InChI=1S/C39H70O6/c1-4-6-8-10-12-14-16-18-19-21-23-25-27-29-31-33-38(42)45-37(34-44-35(3)40)39(43)36(41)32-30-28-26-24-22-20-17-15-13-11-9-7-5-2/h12,14,18-19,37,39,43H,4-11,13,15-17,20-34H2,1-3H3/b14-12-,19-18-/t37-,39?/m1/s1. The summed E-state index contributed by atoms with van der Waals surface area (Å²) in [4.78, 5) is 36.4. The van der Waals surface area contributed by atoms with Crippen LogP contribution in [0, 0.1) is 0 Å². The van der Waals surface area contributed by atoms with Crippen molar-refractivity contribution in [1.82, 2.24) is 0 Å². The third kappa shape index (κ3) is 30.5. The van der Waals surface area contributed by atoms with Crippen molar-refractivity contribution in [2.75, 3.05) is 6.61 Å². The van der Waals surface area contributed by atoms with Crippen molar-refractivity contribution in [3.63, 3.8) is 0 Å². The Labute approximate surface area is 277 Å². The van der Waals surface area contributed by atoms with E-state index >= 15 is 0 Å². The Hall–Kier alpha value is -1.95. The van der Waals surface area contributed by atoms with Gasteiger partial charge in [-0.05, 0) is 44.9 Å². The predicted octanol–water partition coefficient (Wildman–Crippen LogP) is 10.7. The molecule has 0 rings (SSSR count). The molecule has 0 aliphatic rings. The van der Waals surface area contributed by atoms with E-state index in [0.29, 0.717) is 12.8 Å². The van der Waals surface area contributed by atoms with E-state index < -0.39 is 24.1 Å². The highest BCUT2D eigenvalue weighted by Crippen LogP contribution is 2.15. The van der Waals surface area contributed by atoms with Crippen molar-refractivity contribution in [2.24, 2.45) is 0 Å². The van der Waals surface area contributed by atoms with Gasteiger partial charge in [0.2, 0.25) is 0 Å². The zero-order chi connectivity index (χ0) is 33.2. The molecule has 1 N–H and O–H groups in total. The van der Waals surface area contributed by atoms with Crippen LogP contribution >= 0.6 is 0 Å². The molecule has 262 valence electrons. The van der Waals surface area contributed by atoms with Gasteiger partial charge < -0.3 is 14.6 Å². The average molecular weight is 635 g/mol. The molecule has 0 saturated heterocycles. The zero-order valence-electron chi connectivity index (χ0n) is 29.5. The number of hydrogen-bond donors (Lipinski definition) is 1. The molecular formula is C39H70O6. The molecule has 0 bridgehead atoms. The summed E-state index contributed by atoms with van der Waals surface area (Å²) in [6.45, 7) is 5.42. The Morgan fingerprint density at radius 3 is 1.51 bits per heavy atom. The van der Waals surface area contributed by atoms with Crippen molar-refractivity contribution >= 4 is 17.7 Å². The maximum Gasteiger partial charge on any atom is 0.306 e. The molecule has 0 heterocycles. The van der Waals surface area contributed by atoms with Crippen LogP contribution in [0.4, 0.5) is 0 Å². The monoisotopic (exact) mass is 635 g/mol. The summed E-state index contributed by atoms with van der Waals surface area (Å²) in [7, 11) is 0. The van der Waals surface area contributed by atoms with E-state index in [2.05, 4.69) is 38.2 Å². The van der Waals surface area contributed by atoms with Crippen molar-refractivity contribution in [3.8, 4) is 0 Å². The molecule has 0 aromatic rings. The van der Waals surface area contributed by atoms with Crippen LogP contribution in [-0.4, -0.2) is 41.6 Å². The molecule has 1 unspecified atom stereocenters. The number of ketones is 1. The summed E-state index contributed by atoms with van der Waals surface area (Å²) >= 11 is 0. The number of unbranched alkanes of at least 4 members (excludes halogenated alkanes) is 20. The van der Waals surface area contributed by atoms with E-state index in [-0.39, 0.29) is 25.2 Å². The highest BCUT2D eigenvalue weighted by molar-refractivity contribution is 5.84. The maximum absolute atomic E-state index is 12.6. The van der Waals surface area contributed by atoms with Crippen molar-refractivity contribution in [3.05, 3.63) is 24.3 Å². The first-order chi connectivity index (χ1) is 21.9. The van der Waals surface area contributed by atoms with Crippen LogP contribution in [0.15, 0.2) is 24.3 Å². The Bertz CT molecular complexity index is 759. The number of Topliss-reactive ketones (excluding diaryl/α,β-unsaturated/α-hetero) is 1.